The van der Waals surface area contributed by atoms with Crippen molar-refractivity contribution in [3.05, 3.63) is 40.4 Å². The van der Waals surface area contributed by atoms with Gasteiger partial charge in [-0.3, -0.25) is 19.6 Å². The van der Waals surface area contributed by atoms with E-state index < -0.39 is 57.2 Å². The van der Waals surface area contributed by atoms with Crippen LogP contribution in [0.3, 0.4) is 0 Å². The number of nitrogen functional groups attached to an aromatic ring is 1. The fourth-order valence-corrected chi connectivity index (χ4v) is 7.43. The normalized spacial score (nSPS) is 25.5. The maximum Gasteiger partial charge on any atom is 0.418 e. The van der Waals surface area contributed by atoms with Crippen molar-refractivity contribution in [3.8, 4) is 5.75 Å². The van der Waals surface area contributed by atoms with Crippen molar-refractivity contribution in [2.24, 2.45) is 10.9 Å². The molecule has 2 aromatic rings. The Kier molecular flexibility index (Phi) is 10.9. The van der Waals surface area contributed by atoms with E-state index in [1.54, 1.807) is 18.2 Å². The summed E-state index contributed by atoms with van der Waals surface area (Å²) in [6, 6.07) is 3.86. The monoisotopic (exact) mass is 766 g/mol. The third kappa shape index (κ3) is 8.13. The zero-order valence-electron chi connectivity index (χ0n) is 28.6. The standard InChI is InChI=1S/C31H42N8O11S2/c1-29(2)23(26(42)39(29)50-52(45,46)47)37-25(41)22(19-15-51-28(33)36-19)38-49-30(3,27(43)44)21-7-5-16-14-17(4-6-20(16)48-21)24(32)35-18-8-10-31(34,11-9-18)12-13-40/h4,6,14-15,18,21,23,40H,5,7-13,34H2,1-3H3,(H2,32,35)(H2,33,36)(H,37,41)(H,43,44)(H,45,46,47)/b38-22-/t18-,21-,23-,30+,31-/m1/s1. The third-order valence-corrected chi connectivity index (χ3v) is 10.7. The predicted molar refractivity (Wildman–Crippen MR) is 186 cm³/mol. The number of amidine groups is 1. The molecule has 0 radical (unpaired) electrons. The number of hydrogen-bond acceptors (Lipinski definition) is 15. The number of carboxylic acid groups (broad SMARTS) is 1. The van der Waals surface area contributed by atoms with Crippen LogP contribution >= 0.6 is 11.3 Å². The first kappa shape index (κ1) is 38.8. The molecule has 284 valence electrons. The largest absolute Gasteiger partial charge is 0.485 e. The summed E-state index contributed by atoms with van der Waals surface area (Å²) in [6.07, 6.45) is 3.00. The zero-order chi connectivity index (χ0) is 38.2. The average Bonchev–Trinajstić information content (AvgIpc) is 3.51. The number of carbonyl (C=O) groups is 3. The molecule has 0 spiro atoms. The number of amides is 2. The quantitative estimate of drug-likeness (QED) is 0.0452. The number of oxime groups is 1. The lowest BCUT2D eigenvalue weighted by Crippen LogP contribution is -2.76. The van der Waals surface area contributed by atoms with Crippen LogP contribution in [-0.4, -0.2) is 104 Å². The Hall–Kier alpha value is -4.41. The molecule has 2 amide bonds. The Morgan fingerprint density at radius 1 is 1.25 bits per heavy atom. The number of carboxylic acids is 1. The highest BCUT2D eigenvalue weighted by Crippen LogP contribution is 2.36. The number of nitrogens with one attached hydrogen (secondary N) is 3. The van der Waals surface area contributed by atoms with Crippen LogP contribution in [-0.2, 0) is 40.3 Å². The molecular weight excluding hydrogens is 725 g/mol. The van der Waals surface area contributed by atoms with Gasteiger partial charge in [0, 0.05) is 29.1 Å². The number of nitrogens with two attached hydrogens (primary N) is 2. The molecule has 19 nitrogen and oxygen atoms in total. The van der Waals surface area contributed by atoms with Gasteiger partial charge >= 0.3 is 16.4 Å². The Morgan fingerprint density at radius 2 is 1.94 bits per heavy atom. The summed E-state index contributed by atoms with van der Waals surface area (Å²) in [7, 11) is -5.04. The smallest absolute Gasteiger partial charge is 0.418 e. The highest BCUT2D eigenvalue weighted by molar-refractivity contribution is 7.80. The van der Waals surface area contributed by atoms with E-state index in [0.717, 1.165) is 42.6 Å². The molecule has 1 saturated carbocycles. The topological polar surface area (TPSA) is 302 Å². The van der Waals surface area contributed by atoms with E-state index in [1.807, 2.05) is 0 Å². The van der Waals surface area contributed by atoms with Gasteiger partial charge in [-0.2, -0.15) is 13.5 Å². The molecule has 2 aliphatic heterocycles. The number of anilines is 1. The van der Waals surface area contributed by atoms with E-state index in [2.05, 4.69) is 25.1 Å². The van der Waals surface area contributed by atoms with Crippen molar-refractivity contribution in [1.82, 2.24) is 20.7 Å². The minimum absolute atomic E-state index is 0.0390. The Bertz CT molecular complexity index is 1880. The van der Waals surface area contributed by atoms with Crippen molar-refractivity contribution in [2.75, 3.05) is 12.3 Å². The molecule has 1 aliphatic carbocycles. The van der Waals surface area contributed by atoms with Gasteiger partial charge in [-0.15, -0.1) is 15.6 Å². The molecular formula is C31H42N8O11S2. The maximum absolute atomic E-state index is 13.5. The molecule has 21 heteroatoms. The molecule has 1 aromatic carbocycles. The lowest BCUT2D eigenvalue weighted by Gasteiger charge is -2.50. The number of carbonyl (C=O) groups excluding carboxylic acids is 2. The number of ether oxygens (including phenoxy) is 1. The van der Waals surface area contributed by atoms with Crippen molar-refractivity contribution in [3.63, 3.8) is 0 Å². The number of benzene rings is 1. The number of nitrogens with zero attached hydrogens (tertiary/aromatic N) is 3. The first-order valence-electron chi connectivity index (χ1n) is 16.3. The van der Waals surface area contributed by atoms with Gasteiger partial charge in [0.25, 0.3) is 17.4 Å². The number of hydrogen-bond donors (Lipinski definition) is 8. The zero-order valence-corrected chi connectivity index (χ0v) is 30.3. The lowest BCUT2D eigenvalue weighted by molar-refractivity contribution is -0.218. The highest BCUT2D eigenvalue weighted by atomic mass is 32.3. The number of aromatic nitrogens is 1. The van der Waals surface area contributed by atoms with Crippen LogP contribution in [0.15, 0.2) is 28.7 Å². The van der Waals surface area contributed by atoms with Gasteiger partial charge in [0.1, 0.15) is 23.3 Å². The number of aliphatic hydroxyl groups is 1. The van der Waals surface area contributed by atoms with E-state index in [0.29, 0.717) is 29.2 Å². The Labute approximate surface area is 303 Å². The fourth-order valence-electron chi connectivity index (χ4n) is 6.43. The number of aryl methyl sites for hydroxylation is 1. The number of hydroxylamine groups is 2. The summed E-state index contributed by atoms with van der Waals surface area (Å²) < 4.78 is 41.8. The van der Waals surface area contributed by atoms with Gasteiger partial charge < -0.3 is 41.9 Å². The van der Waals surface area contributed by atoms with E-state index in [1.165, 1.54) is 26.2 Å². The van der Waals surface area contributed by atoms with Crippen LogP contribution < -0.4 is 26.8 Å². The van der Waals surface area contributed by atoms with Gasteiger partial charge in [-0.1, -0.05) is 5.16 Å². The molecule has 3 aliphatic rings. The van der Waals surface area contributed by atoms with Crippen molar-refractivity contribution < 1.29 is 51.4 Å². The first-order chi connectivity index (χ1) is 24.3. The molecule has 1 aromatic heterocycles. The van der Waals surface area contributed by atoms with E-state index in [-0.39, 0.29) is 41.3 Å². The number of rotatable bonds is 13. The summed E-state index contributed by atoms with van der Waals surface area (Å²) in [5.41, 5.74) is 8.91. The molecule has 3 heterocycles. The number of thiazole rings is 1. The van der Waals surface area contributed by atoms with Crippen molar-refractivity contribution in [1.29, 1.82) is 5.41 Å². The number of β-lactam (4-membered cyclic amide) rings is 1. The van der Waals surface area contributed by atoms with Crippen molar-refractivity contribution in [2.45, 2.75) is 101 Å². The first-order valence-corrected chi connectivity index (χ1v) is 18.6. The molecule has 5 rings (SSSR count). The highest BCUT2D eigenvalue weighted by Gasteiger charge is 2.58. The molecule has 0 bridgehead atoms. The van der Waals surface area contributed by atoms with Crippen LogP contribution in [0.25, 0.3) is 0 Å². The van der Waals surface area contributed by atoms with E-state index >= 15 is 0 Å². The summed E-state index contributed by atoms with van der Waals surface area (Å²) >= 11 is 0.957. The van der Waals surface area contributed by atoms with Crippen LogP contribution in [0.2, 0.25) is 0 Å². The SMILES string of the molecule is CC1(C)[C@H](NC(=O)/C(=N\O[C@](C)(C(=O)O)[C@H]2CCc3cc(C(=N)N[C@H]4CC[C@@](N)(CCO)CC4)ccc3O2)c2csc(N)n2)C(=O)N1OS(=O)(=O)O. The van der Waals surface area contributed by atoms with Gasteiger partial charge in [0.2, 0.25) is 0 Å². The van der Waals surface area contributed by atoms with Crippen LogP contribution in [0.1, 0.15) is 76.1 Å². The van der Waals surface area contributed by atoms with Crippen molar-refractivity contribution >= 4 is 56.2 Å². The number of fused-ring (bicyclic) bond motifs is 1. The summed E-state index contributed by atoms with van der Waals surface area (Å²) in [4.78, 5) is 48.4. The van der Waals surface area contributed by atoms with Crippen LogP contribution in [0, 0.1) is 5.41 Å². The van der Waals surface area contributed by atoms with Gasteiger partial charge in [-0.25, -0.2) is 9.78 Å². The summed E-state index contributed by atoms with van der Waals surface area (Å²) in [6.45, 7) is 4.00. The Morgan fingerprint density at radius 3 is 2.52 bits per heavy atom. The third-order valence-electron chi connectivity index (χ3n) is 9.70. The molecule has 52 heavy (non-hydrogen) atoms. The average molecular weight is 767 g/mol. The second kappa shape index (κ2) is 14.5. The summed E-state index contributed by atoms with van der Waals surface area (Å²) in [5.74, 6) is -2.87. The second-order valence-corrected chi connectivity index (χ2v) is 15.7. The molecule has 3 atom stereocenters. The summed E-state index contributed by atoms with van der Waals surface area (Å²) in [5, 5.41) is 39.6. The van der Waals surface area contributed by atoms with Crippen LogP contribution in [0.5, 0.6) is 5.75 Å². The number of aliphatic carboxylic acids is 1. The van der Waals surface area contributed by atoms with E-state index in [4.69, 9.17) is 31.0 Å². The molecule has 1 saturated heterocycles. The minimum Gasteiger partial charge on any atom is -0.485 e. The van der Waals surface area contributed by atoms with Gasteiger partial charge in [0.15, 0.2) is 16.9 Å². The second-order valence-electron chi connectivity index (χ2n) is 13.8. The molecule has 0 unspecified atom stereocenters. The Balaban J connectivity index is 1.29. The maximum atomic E-state index is 13.5. The minimum atomic E-state index is -5.04. The van der Waals surface area contributed by atoms with Gasteiger partial charge in [0.05, 0.1) is 5.54 Å². The van der Waals surface area contributed by atoms with E-state index in [9.17, 15) is 33.0 Å². The molecule has 10 N–H and O–H groups in total. The lowest BCUT2D eigenvalue weighted by atomic mass is 9.78. The predicted octanol–water partition coefficient (Wildman–Crippen LogP) is 0.461. The fraction of sp³-hybridized carbons (Fsp3) is 0.548. The number of aliphatic hydroxyl groups excluding tert-OH is 1. The molecule has 2 fully saturated rings. The van der Waals surface area contributed by atoms with Gasteiger partial charge in [-0.05, 0) is 89.5 Å². The van der Waals surface area contributed by atoms with Crippen LogP contribution in [0.4, 0.5) is 5.13 Å².